The first-order chi connectivity index (χ1) is 11.9. The molecule has 0 amide bonds. The van der Waals surface area contributed by atoms with Gasteiger partial charge in [0.1, 0.15) is 11.5 Å². The highest BCUT2D eigenvalue weighted by molar-refractivity contribution is 6.35. The van der Waals surface area contributed by atoms with Crippen molar-refractivity contribution in [2.24, 2.45) is 0 Å². The maximum atomic E-state index is 13.1. The minimum Gasteiger partial charge on any atom is -0.511 e. The number of hydrogen-bond donors (Lipinski definition) is 1. The molecular formula is C17H13Cl2F2N3O. The summed E-state index contributed by atoms with van der Waals surface area (Å²) in [6.07, 6.45) is -0.721. The number of alkyl halides is 2. The maximum Gasteiger partial charge on any atom is 0.280 e. The zero-order chi connectivity index (χ0) is 18.1. The highest BCUT2D eigenvalue weighted by Gasteiger charge is 2.15. The number of aromatic nitrogens is 3. The molecule has 1 N–H and O–H groups in total. The quantitative estimate of drug-likeness (QED) is 0.747. The fourth-order valence-corrected chi connectivity index (χ4v) is 3.01. The Hall–Kier alpha value is -2.18. The van der Waals surface area contributed by atoms with E-state index in [1.54, 1.807) is 18.2 Å². The van der Waals surface area contributed by atoms with Crippen LogP contribution in [0.3, 0.4) is 0 Å². The Bertz CT molecular complexity index is 1050. The van der Waals surface area contributed by atoms with Crippen LogP contribution in [0.15, 0.2) is 30.5 Å². The van der Waals surface area contributed by atoms with Gasteiger partial charge >= 0.3 is 0 Å². The van der Waals surface area contributed by atoms with Gasteiger partial charge in [-0.05, 0) is 30.2 Å². The Morgan fingerprint density at radius 1 is 1.28 bits per heavy atom. The topological polar surface area (TPSA) is 50.4 Å². The molecule has 0 bridgehead atoms. The number of aliphatic hydroxyl groups is 1. The second-order valence-electron chi connectivity index (χ2n) is 5.45. The average Bonchev–Trinajstić information content (AvgIpc) is 2.96. The molecule has 0 spiro atoms. The van der Waals surface area contributed by atoms with Crippen LogP contribution in [0.2, 0.25) is 10.0 Å². The van der Waals surface area contributed by atoms with Crippen molar-refractivity contribution in [3.05, 3.63) is 62.3 Å². The molecule has 8 heteroatoms. The van der Waals surface area contributed by atoms with Crippen LogP contribution in [0.1, 0.15) is 24.1 Å². The van der Waals surface area contributed by atoms with Crippen LogP contribution < -0.4 is 10.6 Å². The molecule has 130 valence electrons. The largest absolute Gasteiger partial charge is 0.511 e. The molecule has 2 aromatic heterocycles. The van der Waals surface area contributed by atoms with E-state index < -0.39 is 6.43 Å². The predicted octanol–water partition coefficient (Wildman–Crippen LogP) is 3.68. The lowest BCUT2D eigenvalue weighted by Gasteiger charge is -2.05. The third-order valence-corrected chi connectivity index (χ3v) is 4.32. The van der Waals surface area contributed by atoms with Gasteiger partial charge < -0.3 is 5.11 Å². The molecule has 25 heavy (non-hydrogen) atoms. The summed E-state index contributed by atoms with van der Waals surface area (Å²) in [5, 5.41) is 15.8. The Morgan fingerprint density at radius 2 is 2.04 bits per heavy atom. The average molecular weight is 384 g/mol. The molecule has 2 heterocycles. The monoisotopic (exact) mass is 383 g/mol. The van der Waals surface area contributed by atoms with Crippen molar-refractivity contribution in [3.8, 4) is 0 Å². The molecule has 0 fully saturated rings. The molecule has 1 aromatic carbocycles. The van der Waals surface area contributed by atoms with Crippen molar-refractivity contribution in [3.63, 3.8) is 0 Å². The van der Waals surface area contributed by atoms with E-state index in [-0.39, 0.29) is 34.1 Å². The fraction of sp³-hybridized carbons (Fsp3) is 0.176. The van der Waals surface area contributed by atoms with Crippen molar-refractivity contribution < 1.29 is 13.9 Å². The standard InChI is InChI=1S/C17H13Cl2F2N3O/c1-9-6-14(16(20)21)24-17(23-9)12(8-22-24)15(25)5-3-10-2-4-11(18)7-13(10)19/h2,4,6-8,16,25H,1,3,5H2. The van der Waals surface area contributed by atoms with Crippen molar-refractivity contribution in [2.45, 2.75) is 19.3 Å². The van der Waals surface area contributed by atoms with Crippen molar-refractivity contribution in [2.75, 3.05) is 0 Å². The molecule has 3 rings (SSSR count). The van der Waals surface area contributed by atoms with E-state index in [1.165, 1.54) is 12.3 Å². The molecule has 4 nitrogen and oxygen atoms in total. The molecule has 0 unspecified atom stereocenters. The van der Waals surface area contributed by atoms with Crippen LogP contribution in [-0.4, -0.2) is 19.7 Å². The summed E-state index contributed by atoms with van der Waals surface area (Å²) in [5.74, 6) is -0.0145. The van der Waals surface area contributed by atoms with E-state index in [9.17, 15) is 13.9 Å². The van der Waals surface area contributed by atoms with Gasteiger partial charge in [-0.2, -0.15) is 5.10 Å². The van der Waals surface area contributed by atoms with Crippen molar-refractivity contribution in [1.82, 2.24) is 14.6 Å². The Labute approximate surface area is 151 Å². The Morgan fingerprint density at radius 3 is 2.72 bits per heavy atom. The number of nitrogens with zero attached hydrogens (tertiary/aromatic N) is 3. The van der Waals surface area contributed by atoms with Gasteiger partial charge in [-0.1, -0.05) is 35.8 Å². The van der Waals surface area contributed by atoms with Gasteiger partial charge in [-0.25, -0.2) is 18.3 Å². The zero-order valence-corrected chi connectivity index (χ0v) is 14.4. The van der Waals surface area contributed by atoms with Crippen LogP contribution in [0.5, 0.6) is 0 Å². The Kier molecular flexibility index (Phi) is 4.92. The first-order valence-electron chi connectivity index (χ1n) is 7.34. The highest BCUT2D eigenvalue weighted by atomic mass is 35.5. The summed E-state index contributed by atoms with van der Waals surface area (Å²) in [7, 11) is 0. The third-order valence-electron chi connectivity index (χ3n) is 3.73. The third kappa shape index (κ3) is 3.60. The van der Waals surface area contributed by atoms with E-state index in [2.05, 4.69) is 16.7 Å². The first-order valence-corrected chi connectivity index (χ1v) is 8.10. The minimum absolute atomic E-state index is 0.0145. The molecular weight excluding hydrogens is 371 g/mol. The smallest absolute Gasteiger partial charge is 0.280 e. The number of hydrogen-bond acceptors (Lipinski definition) is 3. The summed E-state index contributed by atoms with van der Waals surface area (Å²) in [4.78, 5) is 4.12. The van der Waals surface area contributed by atoms with Crippen LogP contribution >= 0.6 is 23.2 Å². The van der Waals surface area contributed by atoms with E-state index in [4.69, 9.17) is 23.2 Å². The highest BCUT2D eigenvalue weighted by Crippen LogP contribution is 2.23. The molecule has 0 aliphatic rings. The minimum atomic E-state index is -2.73. The van der Waals surface area contributed by atoms with E-state index in [0.29, 0.717) is 16.5 Å². The number of rotatable bonds is 4. The number of aliphatic hydroxyl groups excluding tert-OH is 1. The molecule has 0 radical (unpaired) electrons. The lowest BCUT2D eigenvalue weighted by molar-refractivity contribution is 0.143. The fourth-order valence-electron chi connectivity index (χ4n) is 2.51. The molecule has 3 aromatic rings. The molecule has 0 atom stereocenters. The van der Waals surface area contributed by atoms with Gasteiger partial charge in [0.05, 0.1) is 16.8 Å². The summed E-state index contributed by atoms with van der Waals surface area (Å²) < 4.78 is 27.3. The lowest BCUT2D eigenvalue weighted by Crippen LogP contribution is -2.16. The lowest BCUT2D eigenvalue weighted by atomic mass is 10.1. The van der Waals surface area contributed by atoms with Crippen molar-refractivity contribution in [1.29, 1.82) is 0 Å². The number of halogens is 4. The second kappa shape index (κ2) is 6.98. The van der Waals surface area contributed by atoms with E-state index in [0.717, 1.165) is 10.1 Å². The normalized spacial score (nSPS) is 12.8. The van der Waals surface area contributed by atoms with Crippen LogP contribution in [-0.2, 0) is 6.42 Å². The first kappa shape index (κ1) is 17.6. The second-order valence-corrected chi connectivity index (χ2v) is 6.29. The van der Waals surface area contributed by atoms with Gasteiger partial charge in [0.15, 0.2) is 5.65 Å². The van der Waals surface area contributed by atoms with Gasteiger partial charge in [-0.15, -0.1) is 0 Å². The molecule has 0 saturated heterocycles. The molecule has 0 saturated carbocycles. The van der Waals surface area contributed by atoms with Gasteiger partial charge in [0, 0.05) is 16.5 Å². The number of aryl methyl sites for hydroxylation is 1. The maximum absolute atomic E-state index is 13.1. The Balaban J connectivity index is 2.00. The van der Waals surface area contributed by atoms with Crippen LogP contribution in [0.4, 0.5) is 8.78 Å². The van der Waals surface area contributed by atoms with Crippen LogP contribution in [0.25, 0.3) is 18.0 Å². The summed E-state index contributed by atoms with van der Waals surface area (Å²) >= 11 is 12.0. The van der Waals surface area contributed by atoms with E-state index in [1.807, 2.05) is 0 Å². The summed E-state index contributed by atoms with van der Waals surface area (Å²) in [6, 6.07) is 6.27. The molecule has 0 aliphatic heterocycles. The van der Waals surface area contributed by atoms with Crippen molar-refractivity contribution >= 4 is 41.2 Å². The number of benzene rings is 1. The number of fused-ring (bicyclic) bond motifs is 1. The van der Waals surface area contributed by atoms with Gasteiger partial charge in [0.2, 0.25) is 0 Å². The summed E-state index contributed by atoms with van der Waals surface area (Å²) in [6.45, 7) is 3.60. The predicted molar refractivity (Wildman–Crippen MR) is 93.5 cm³/mol. The van der Waals surface area contributed by atoms with Gasteiger partial charge in [0.25, 0.3) is 6.43 Å². The van der Waals surface area contributed by atoms with E-state index >= 15 is 0 Å². The SMILES string of the molecule is C=c1cc(C(F)F)n2ncc(=C(O)CCc3ccc(Cl)cc3Cl)c2n1. The van der Waals surface area contributed by atoms with Gasteiger partial charge in [-0.3, -0.25) is 0 Å². The molecule has 0 aliphatic carbocycles. The summed E-state index contributed by atoms with van der Waals surface area (Å²) in [5.41, 5.74) is 0.630. The van der Waals surface area contributed by atoms with Crippen LogP contribution in [0, 0.1) is 0 Å². The zero-order valence-electron chi connectivity index (χ0n) is 12.9.